The molecule has 0 spiro atoms. The maximum atomic E-state index is 13.8. The molecule has 56 nitrogen and oxygen atoms in total. The van der Waals surface area contributed by atoms with E-state index in [1.54, 1.807) is 12.1 Å². The Labute approximate surface area is 756 Å². The van der Waals surface area contributed by atoms with Gasteiger partial charge in [-0.25, -0.2) is 47.9 Å². The number of phenols is 1. The SMILES string of the molecule is N=C(N)NCCC[C@@H](CNC(=O)N[C@@H](CCCCN)CNC(=O)N[C@@H](CCCCN)CNC(=O)N[C@@H](CCCNC(=N)N)CNC(=O)N[C@@H](CCCNC(=N)N)CNC(=O)N[C@@H](CCC(N)=O)CNC(=O)N[C@@H](CCCNC(=N)N)CNC(=O)N[C@@H](CCCNC(=N)N)CNC(=O)N[C@@H](CCCNC(=N)N)CNC(=O)[C@@H](N)Cc1ccc(O)cc1)NC(=O)NCCNC(N)=O. The molecule has 0 aliphatic heterocycles. The van der Waals surface area contributed by atoms with Crippen molar-refractivity contribution in [3.63, 3.8) is 0 Å². The predicted octanol–water partition coefficient (Wildman–Crippen LogP) is -8.84. The van der Waals surface area contributed by atoms with Gasteiger partial charge in [-0.2, -0.15) is 0 Å². The number of rotatable bonds is 68. The van der Waals surface area contributed by atoms with Gasteiger partial charge in [0.1, 0.15) is 5.75 Å². The van der Waals surface area contributed by atoms with Crippen LogP contribution in [0.25, 0.3) is 0 Å². The van der Waals surface area contributed by atoms with Gasteiger partial charge >= 0.3 is 60.3 Å². The quantitative estimate of drug-likeness (QED) is 0.0164. The lowest BCUT2D eigenvalue weighted by Gasteiger charge is -2.25. The predicted molar refractivity (Wildman–Crippen MR) is 492 cm³/mol. The Hall–Kier alpha value is -13.8. The number of urea groups is 10. The Kier molecular flexibility index (Phi) is 61.7. The van der Waals surface area contributed by atoms with Crippen LogP contribution in [0.4, 0.5) is 47.9 Å². The Bertz CT molecular complexity index is 3600. The highest BCUT2D eigenvalue weighted by molar-refractivity contribution is 5.83. The monoisotopic (exact) mass is 1850 g/mol. The van der Waals surface area contributed by atoms with Gasteiger partial charge in [-0.1, -0.05) is 25.0 Å². The van der Waals surface area contributed by atoms with Gasteiger partial charge < -0.3 is 206 Å². The van der Waals surface area contributed by atoms with E-state index >= 15 is 0 Å². The van der Waals surface area contributed by atoms with Crippen LogP contribution >= 0.6 is 0 Å². The minimum absolute atomic E-state index is 0.0226. The summed E-state index contributed by atoms with van der Waals surface area (Å²) in [5.74, 6) is -2.87. The lowest BCUT2D eigenvalue weighted by atomic mass is 10.1. The number of carbonyl (C=O) groups is 12. The first-order valence-electron chi connectivity index (χ1n) is 43.3. The van der Waals surface area contributed by atoms with Crippen molar-refractivity contribution >= 4 is 108 Å². The highest BCUT2D eigenvalue weighted by atomic mass is 16.3. The summed E-state index contributed by atoms with van der Waals surface area (Å²) in [6, 6.07) is -8.12. The molecule has 738 valence electrons. The molecule has 1 aromatic carbocycles. The fourth-order valence-electron chi connectivity index (χ4n) is 12.4. The van der Waals surface area contributed by atoms with E-state index in [1.807, 2.05) is 0 Å². The molecule has 10 atom stereocenters. The summed E-state index contributed by atoms with van der Waals surface area (Å²) in [6.45, 7) is 1.25. The minimum Gasteiger partial charge on any atom is -0.508 e. The molecule has 1 aromatic rings. The van der Waals surface area contributed by atoms with Crippen LogP contribution in [0.3, 0.4) is 0 Å². The maximum absolute atomic E-state index is 13.8. The number of nitrogens with two attached hydrogens (primary N) is 11. The van der Waals surface area contributed by atoms with E-state index < -0.39 is 133 Å². The molecule has 0 fully saturated rings. The van der Waals surface area contributed by atoms with E-state index in [1.165, 1.54) is 12.1 Å². The summed E-state index contributed by atoms with van der Waals surface area (Å²) in [5.41, 5.74) is 62.1. The molecule has 0 saturated heterocycles. The zero-order valence-corrected chi connectivity index (χ0v) is 74.1. The number of phenolic OH excluding ortho intramolecular Hbond substituents is 1. The number of aromatic hydroxyl groups is 1. The molecule has 0 bridgehead atoms. The Balaban J connectivity index is 3.25. The van der Waals surface area contributed by atoms with Crippen LogP contribution in [-0.2, 0) is 16.0 Å². The third kappa shape index (κ3) is 65.7. The third-order valence-electron chi connectivity index (χ3n) is 19.1. The second-order valence-corrected chi connectivity index (χ2v) is 30.5. The molecule has 0 aliphatic rings. The molecule has 0 radical (unpaired) electrons. The van der Waals surface area contributed by atoms with E-state index in [9.17, 15) is 62.6 Å². The van der Waals surface area contributed by atoms with Gasteiger partial charge in [0.2, 0.25) is 11.8 Å². The maximum Gasteiger partial charge on any atom is 0.315 e. The third-order valence-corrected chi connectivity index (χ3v) is 19.1. The molecule has 0 unspecified atom stereocenters. The molecule has 55 N–H and O–H groups in total. The van der Waals surface area contributed by atoms with Crippen molar-refractivity contribution < 1.29 is 62.6 Å². The number of amides is 22. The van der Waals surface area contributed by atoms with Crippen molar-refractivity contribution in [3.8, 4) is 5.75 Å². The van der Waals surface area contributed by atoms with Gasteiger partial charge in [0, 0.05) is 172 Å². The number of primary amides is 2. The first kappa shape index (κ1) is 114. The number of nitrogens with one attached hydrogen (secondary N) is 32. The molecular formula is C74H149N43O13. The van der Waals surface area contributed by atoms with Gasteiger partial charge in [0.05, 0.1) is 6.04 Å². The van der Waals surface area contributed by atoms with Gasteiger partial charge in [-0.05, 0) is 146 Å². The van der Waals surface area contributed by atoms with Crippen molar-refractivity contribution in [2.75, 3.05) is 124 Å². The van der Waals surface area contributed by atoms with Crippen molar-refractivity contribution in [3.05, 3.63) is 29.8 Å². The summed E-state index contributed by atoms with van der Waals surface area (Å²) >= 11 is 0. The smallest absolute Gasteiger partial charge is 0.315 e. The highest BCUT2D eigenvalue weighted by Gasteiger charge is 2.26. The normalized spacial score (nSPS) is 12.9. The number of benzene rings is 1. The van der Waals surface area contributed by atoms with E-state index in [0.29, 0.717) is 115 Å². The van der Waals surface area contributed by atoms with E-state index in [4.69, 9.17) is 95.5 Å². The van der Waals surface area contributed by atoms with Gasteiger partial charge in [0.15, 0.2) is 35.8 Å². The van der Waals surface area contributed by atoms with Gasteiger partial charge in [0.25, 0.3) is 0 Å². The molecule has 56 heteroatoms. The molecule has 0 aliphatic carbocycles. The number of hydrogen-bond acceptors (Lipinski definition) is 22. The van der Waals surface area contributed by atoms with Crippen LogP contribution in [0.1, 0.15) is 134 Å². The van der Waals surface area contributed by atoms with Crippen LogP contribution in [0, 0.1) is 32.5 Å². The number of unbranched alkanes of at least 4 members (excludes halogenated alkanes) is 2. The summed E-state index contributed by atoms with van der Waals surface area (Å²) in [7, 11) is 0. The van der Waals surface area contributed by atoms with Gasteiger partial charge in [-0.3, -0.25) is 42.0 Å². The van der Waals surface area contributed by atoms with Crippen molar-refractivity contribution in [2.45, 2.75) is 195 Å². The zero-order valence-electron chi connectivity index (χ0n) is 74.1. The molecule has 22 amide bonds. The average Bonchev–Trinajstić information content (AvgIpc) is 0.911. The standard InChI is InChI=1S/C74H149N43O13/c75-25-3-1-11-46(111-68(124)103-39-49(14-6-28-93-60(81)82)109-66(122)99-34-33-98-65(91)121)37-101-67(123)110-47(12-2-4-26-76)38-102-70(126)113-51(16-8-30-95-62(85)86)41-105-72(128)115-53(18-10-32-97-64(89)90)43-107-74(130)117-54(21-24-57(78)119)44-108-73(129)116-52(17-9-31-96-63(87)88)42-106-71(127)114-50(15-7-29-94-61(83)84)40-104-69(125)112-48(13-5-27-92-59(79)80)36-100-58(120)56(77)35-45-19-22-55(118)23-20-45/h19-20,22-23,46-54,56,118H,1-18,21,24-44,75-77H2,(H2,78,119)(H,100,120)(H4,79,80,92)(H4,81,82,93)(H4,83,84,94)(H4,85,86,95)(H4,87,88,96)(H4,89,90,97)(H3,91,98,121)(H2,99,109,122)(H2,101,110,123)(H2,102,113,126)(H2,103,111,124)(H2,104,112,125)(H2,105,115,128)(H2,106,114,127)(H2,107,117,130)(H2,108,116,129)/t46-,47-,48-,49-,50-,51-,52-,53-,54-,56-/m0/s1. The summed E-state index contributed by atoms with van der Waals surface area (Å²) in [6.07, 6.45) is 6.87. The van der Waals surface area contributed by atoms with Crippen LogP contribution in [-0.4, -0.2) is 298 Å². The largest absolute Gasteiger partial charge is 0.508 e. The van der Waals surface area contributed by atoms with E-state index in [-0.39, 0.29) is 191 Å². The fraction of sp³-hybridized carbons (Fsp3) is 0.676. The molecule has 0 saturated carbocycles. The molecular weight excluding hydrogens is 1700 g/mol. The summed E-state index contributed by atoms with van der Waals surface area (Å²) in [5, 5.41) is 126. The topological polar surface area (TPSA) is 967 Å². The lowest BCUT2D eigenvalue weighted by Crippen LogP contribution is -2.55. The fourth-order valence-corrected chi connectivity index (χ4v) is 12.4. The van der Waals surface area contributed by atoms with Crippen molar-refractivity contribution in [1.29, 1.82) is 32.5 Å². The van der Waals surface area contributed by atoms with Crippen LogP contribution in [0.15, 0.2) is 24.3 Å². The number of carbonyl (C=O) groups excluding carboxylic acids is 12. The Morgan fingerprint density at radius 2 is 0.485 bits per heavy atom. The second kappa shape index (κ2) is 70.3. The van der Waals surface area contributed by atoms with Crippen molar-refractivity contribution in [1.82, 2.24) is 138 Å². The second-order valence-electron chi connectivity index (χ2n) is 30.5. The molecule has 130 heavy (non-hydrogen) atoms. The van der Waals surface area contributed by atoms with Crippen LogP contribution in [0.5, 0.6) is 5.75 Å². The Morgan fingerprint density at radius 1 is 0.269 bits per heavy atom. The minimum atomic E-state index is -0.964. The van der Waals surface area contributed by atoms with Crippen LogP contribution < -0.4 is 201 Å². The van der Waals surface area contributed by atoms with E-state index in [2.05, 4.69) is 138 Å². The molecule has 1 rings (SSSR count). The average molecular weight is 1850 g/mol. The molecule has 0 heterocycles. The number of hydrogen-bond donors (Lipinski definition) is 44. The zero-order chi connectivity index (χ0) is 96.8. The first-order valence-corrected chi connectivity index (χ1v) is 43.3. The Morgan fingerprint density at radius 3 is 0.708 bits per heavy atom. The number of guanidine groups is 6. The lowest BCUT2D eigenvalue weighted by molar-refractivity contribution is -0.122. The van der Waals surface area contributed by atoms with Gasteiger partial charge in [-0.15, -0.1) is 0 Å². The molecule has 0 aromatic heterocycles. The summed E-state index contributed by atoms with van der Waals surface area (Å²) < 4.78 is 0. The first-order chi connectivity index (χ1) is 61.9. The van der Waals surface area contributed by atoms with E-state index in [0.717, 1.165) is 0 Å². The summed E-state index contributed by atoms with van der Waals surface area (Å²) in [4.78, 5) is 158. The van der Waals surface area contributed by atoms with Crippen LogP contribution in [0.2, 0.25) is 0 Å². The van der Waals surface area contributed by atoms with Crippen molar-refractivity contribution in [2.24, 2.45) is 63.1 Å². The highest BCUT2D eigenvalue weighted by Crippen LogP contribution is 2.12.